The van der Waals surface area contributed by atoms with Crippen LogP contribution in [0, 0.1) is 5.82 Å². The topological polar surface area (TPSA) is 35.9 Å². The van der Waals surface area contributed by atoms with Crippen LogP contribution in [0.15, 0.2) is 53.4 Å². The van der Waals surface area contributed by atoms with Gasteiger partial charge in [-0.2, -0.15) is 0 Å². The predicted molar refractivity (Wildman–Crippen MR) is 119 cm³/mol. The molecule has 8 heteroatoms. The first-order chi connectivity index (χ1) is 12.7. The van der Waals surface area contributed by atoms with E-state index in [1.807, 2.05) is 18.2 Å². The Morgan fingerprint density at radius 2 is 1.68 bits per heavy atom. The molecule has 3 rings (SSSR count). The van der Waals surface area contributed by atoms with Gasteiger partial charge in [0.25, 0.3) is 0 Å². The molecule has 1 N–H and O–H groups in total. The Hall–Kier alpha value is -1.18. The van der Waals surface area contributed by atoms with Gasteiger partial charge >= 0.3 is 0 Å². The van der Waals surface area contributed by atoms with Gasteiger partial charge in [-0.1, -0.05) is 12.1 Å². The number of nitrogens with zero attached hydrogens (tertiary/aromatic N) is 2. The van der Waals surface area contributed by atoms with Crippen LogP contribution in [0.1, 0.15) is 0 Å². The molecule has 1 heterocycles. The third-order valence-electron chi connectivity index (χ3n) is 4.52. The maximum Gasteiger partial charge on any atom is 0.142 e. The highest BCUT2D eigenvalue weighted by molar-refractivity contribution is 7.99. The number of hydrogen-bond donors (Lipinski definition) is 1. The van der Waals surface area contributed by atoms with Gasteiger partial charge in [-0.05, 0) is 36.4 Å². The lowest BCUT2D eigenvalue weighted by Gasteiger charge is -2.37. The van der Waals surface area contributed by atoms with Crippen LogP contribution in [0.4, 0.5) is 10.1 Å². The Labute approximate surface area is 182 Å². The summed E-state index contributed by atoms with van der Waals surface area (Å²) in [5.41, 5.74) is 1.13. The minimum absolute atomic E-state index is 0. The van der Waals surface area contributed by atoms with E-state index in [1.54, 1.807) is 31.0 Å². The molecule has 0 aromatic heterocycles. The van der Waals surface area contributed by atoms with E-state index >= 15 is 0 Å². The second-order valence-electron chi connectivity index (χ2n) is 6.38. The molecule has 1 atom stereocenters. The molecule has 28 heavy (non-hydrogen) atoms. The van der Waals surface area contributed by atoms with Crippen molar-refractivity contribution in [3.8, 4) is 5.75 Å². The molecule has 156 valence electrons. The largest absolute Gasteiger partial charge is 0.495 e. The summed E-state index contributed by atoms with van der Waals surface area (Å²) in [7, 11) is 1.70. The first-order valence-electron chi connectivity index (χ1n) is 8.82. The molecule has 4 nitrogen and oxygen atoms in total. The number of halogens is 3. The van der Waals surface area contributed by atoms with Crippen LogP contribution in [0.5, 0.6) is 5.75 Å². The molecule has 2 aromatic rings. The average molecular weight is 449 g/mol. The number of anilines is 1. The lowest BCUT2D eigenvalue weighted by molar-refractivity contribution is 0.126. The number of hydrogen-bond acceptors (Lipinski definition) is 5. The molecular formula is C20H27Cl2FN2O2S. The number of methoxy groups -OCH3 is 1. The molecule has 0 bridgehead atoms. The molecule has 0 aliphatic carbocycles. The van der Waals surface area contributed by atoms with Crippen molar-refractivity contribution in [3.05, 3.63) is 54.3 Å². The standard InChI is InChI=1S/C20H25FN2O2S.2ClH/c1-25-20-5-3-2-4-19(20)23-12-10-22(11-13-23)14-17(24)15-26-18-8-6-16(21)7-9-18;;/h2-9,17,24H,10-15H2,1H3;2*1H. The lowest BCUT2D eigenvalue weighted by atomic mass is 10.2. The third kappa shape index (κ3) is 7.01. The molecule has 0 saturated carbocycles. The Morgan fingerprint density at radius 1 is 1.04 bits per heavy atom. The molecule has 1 saturated heterocycles. The highest BCUT2D eigenvalue weighted by Crippen LogP contribution is 2.28. The van der Waals surface area contributed by atoms with Gasteiger partial charge in [-0.3, -0.25) is 4.90 Å². The minimum Gasteiger partial charge on any atom is -0.495 e. The number of β-amino-alcohol motifs (C(OH)–C–C–N with tert-alkyl or cyclic N) is 1. The number of aliphatic hydroxyl groups excluding tert-OH is 1. The molecule has 0 amide bonds. The SMILES string of the molecule is COc1ccccc1N1CCN(CC(O)CSc2ccc(F)cc2)CC1.Cl.Cl. The number of ether oxygens (including phenoxy) is 1. The van der Waals surface area contributed by atoms with Crippen LogP contribution < -0.4 is 9.64 Å². The molecule has 1 aliphatic rings. The van der Waals surface area contributed by atoms with Crippen LogP contribution in [-0.2, 0) is 0 Å². The smallest absolute Gasteiger partial charge is 0.142 e. The zero-order valence-electron chi connectivity index (χ0n) is 15.8. The van der Waals surface area contributed by atoms with Crippen molar-refractivity contribution in [1.29, 1.82) is 0 Å². The van der Waals surface area contributed by atoms with E-state index in [0.29, 0.717) is 12.3 Å². The van der Waals surface area contributed by atoms with Gasteiger partial charge in [0, 0.05) is 43.4 Å². The summed E-state index contributed by atoms with van der Waals surface area (Å²) >= 11 is 1.56. The first kappa shape index (κ1) is 24.9. The maximum absolute atomic E-state index is 12.9. The van der Waals surface area contributed by atoms with Gasteiger partial charge in [0.1, 0.15) is 11.6 Å². The monoisotopic (exact) mass is 448 g/mol. The van der Waals surface area contributed by atoms with Gasteiger partial charge in [-0.15, -0.1) is 36.6 Å². The molecule has 0 radical (unpaired) electrons. The number of aliphatic hydroxyl groups is 1. The second-order valence-corrected chi connectivity index (χ2v) is 7.47. The number of piperazine rings is 1. The molecule has 1 fully saturated rings. The van der Waals surface area contributed by atoms with Gasteiger partial charge in [-0.25, -0.2) is 4.39 Å². The number of para-hydroxylation sites is 2. The summed E-state index contributed by atoms with van der Waals surface area (Å²) in [6.07, 6.45) is -0.400. The fourth-order valence-corrected chi connectivity index (χ4v) is 3.96. The molecule has 0 spiro atoms. The van der Waals surface area contributed by atoms with Crippen LogP contribution >= 0.6 is 36.6 Å². The van der Waals surface area contributed by atoms with Crippen LogP contribution in [-0.4, -0.2) is 61.7 Å². The number of rotatable bonds is 7. The van der Waals surface area contributed by atoms with E-state index in [-0.39, 0.29) is 30.6 Å². The maximum atomic E-state index is 12.9. The van der Waals surface area contributed by atoms with Crippen molar-refractivity contribution in [1.82, 2.24) is 4.90 Å². The Morgan fingerprint density at radius 3 is 2.32 bits per heavy atom. The summed E-state index contributed by atoms with van der Waals surface area (Å²) < 4.78 is 18.4. The van der Waals surface area contributed by atoms with E-state index in [1.165, 1.54) is 12.1 Å². The van der Waals surface area contributed by atoms with Crippen LogP contribution in [0.3, 0.4) is 0 Å². The van der Waals surface area contributed by atoms with Gasteiger partial charge in [0.05, 0.1) is 18.9 Å². The Balaban J connectivity index is 0.00000196. The van der Waals surface area contributed by atoms with Crippen molar-refractivity contribution in [2.75, 3.05) is 50.5 Å². The van der Waals surface area contributed by atoms with E-state index in [9.17, 15) is 9.50 Å². The summed E-state index contributed by atoms with van der Waals surface area (Å²) in [5, 5.41) is 10.3. The highest BCUT2D eigenvalue weighted by atomic mass is 35.5. The molecular weight excluding hydrogens is 422 g/mol. The van der Waals surface area contributed by atoms with E-state index in [4.69, 9.17) is 4.74 Å². The van der Waals surface area contributed by atoms with E-state index < -0.39 is 6.10 Å². The predicted octanol–water partition coefficient (Wildman–Crippen LogP) is 3.95. The second kappa shape index (κ2) is 12.4. The van der Waals surface area contributed by atoms with Gasteiger partial charge in [0.2, 0.25) is 0 Å². The molecule has 1 aliphatic heterocycles. The van der Waals surface area contributed by atoms with Crippen LogP contribution in [0.2, 0.25) is 0 Å². The van der Waals surface area contributed by atoms with Gasteiger partial charge in [0.15, 0.2) is 0 Å². The zero-order valence-corrected chi connectivity index (χ0v) is 18.2. The lowest BCUT2D eigenvalue weighted by Crippen LogP contribution is -2.49. The first-order valence-corrected chi connectivity index (χ1v) is 9.81. The van der Waals surface area contributed by atoms with E-state index in [2.05, 4.69) is 15.9 Å². The van der Waals surface area contributed by atoms with Crippen LogP contribution in [0.25, 0.3) is 0 Å². The van der Waals surface area contributed by atoms with E-state index in [0.717, 1.165) is 42.5 Å². The van der Waals surface area contributed by atoms with Crippen molar-refractivity contribution in [2.24, 2.45) is 0 Å². The molecule has 2 aromatic carbocycles. The number of thioether (sulfide) groups is 1. The normalized spacial score (nSPS) is 15.3. The highest BCUT2D eigenvalue weighted by Gasteiger charge is 2.21. The van der Waals surface area contributed by atoms with Gasteiger partial charge < -0.3 is 14.7 Å². The van der Waals surface area contributed by atoms with Crippen molar-refractivity contribution >= 4 is 42.3 Å². The quantitative estimate of drug-likeness (QED) is 0.648. The summed E-state index contributed by atoms with van der Waals surface area (Å²) in [6.45, 7) is 4.32. The fraction of sp³-hybridized carbons (Fsp3) is 0.400. The average Bonchev–Trinajstić information content (AvgIpc) is 2.68. The fourth-order valence-electron chi connectivity index (χ4n) is 3.14. The zero-order chi connectivity index (χ0) is 18.4. The minimum atomic E-state index is -0.400. The van der Waals surface area contributed by atoms with Crippen molar-refractivity contribution in [2.45, 2.75) is 11.0 Å². The number of benzene rings is 2. The Kier molecular flexibility index (Phi) is 11.0. The summed E-state index contributed by atoms with van der Waals surface area (Å²) in [4.78, 5) is 5.60. The third-order valence-corrected chi connectivity index (χ3v) is 5.68. The molecule has 1 unspecified atom stereocenters. The summed E-state index contributed by atoms with van der Waals surface area (Å²) in [5.74, 6) is 1.28. The van der Waals surface area contributed by atoms with Crippen molar-refractivity contribution in [3.63, 3.8) is 0 Å². The van der Waals surface area contributed by atoms with Crippen molar-refractivity contribution < 1.29 is 14.2 Å². The Bertz CT molecular complexity index is 701. The summed E-state index contributed by atoms with van der Waals surface area (Å²) in [6, 6.07) is 14.5.